The molecule has 0 heterocycles. The highest BCUT2D eigenvalue weighted by molar-refractivity contribution is 9.09. The van der Waals surface area contributed by atoms with E-state index in [4.69, 9.17) is 4.74 Å². The van der Waals surface area contributed by atoms with Gasteiger partial charge in [-0.15, -0.1) is 0 Å². The smallest absolute Gasteiger partial charge is 0.251 e. The Hall–Kier alpha value is -1.10. The van der Waals surface area contributed by atoms with Crippen LogP contribution in [-0.2, 0) is 0 Å². The number of benzene rings is 1. The van der Waals surface area contributed by atoms with Crippen LogP contribution in [-0.4, -0.2) is 23.9 Å². The Labute approximate surface area is 133 Å². The Morgan fingerprint density at radius 1 is 1.48 bits per heavy atom. The normalized spacial score (nSPS) is 25.4. The maximum Gasteiger partial charge on any atom is 0.251 e. The second-order valence-corrected chi connectivity index (χ2v) is 6.46. The fourth-order valence-corrected chi connectivity index (χ4v) is 3.42. The summed E-state index contributed by atoms with van der Waals surface area (Å²) in [5, 5.41) is 3.86. The number of carbonyl (C=O) groups excluding carboxylic acids is 1. The molecular formula is C16H21BrFNO2. The Kier molecular flexibility index (Phi) is 5.25. The van der Waals surface area contributed by atoms with Crippen LogP contribution in [0.3, 0.4) is 0 Å². The van der Waals surface area contributed by atoms with Gasteiger partial charge in [0.15, 0.2) is 11.6 Å². The molecule has 0 aromatic heterocycles. The lowest BCUT2D eigenvalue weighted by Gasteiger charge is -2.39. The molecule has 1 aromatic carbocycles. The standard InChI is InChI=1S/C16H21BrFNO2/c1-11-5-7-16(10-17,8-6-11)19-15(20)12-3-4-13(18)14(9-12)21-2/h3-4,9,11H,5-8,10H2,1-2H3,(H,19,20). The molecule has 0 radical (unpaired) electrons. The molecule has 0 bridgehead atoms. The number of nitrogens with one attached hydrogen (secondary N) is 1. The summed E-state index contributed by atoms with van der Waals surface area (Å²) in [5.41, 5.74) is 0.220. The average Bonchev–Trinajstić information content (AvgIpc) is 2.50. The molecule has 3 nitrogen and oxygen atoms in total. The van der Waals surface area contributed by atoms with E-state index in [1.165, 1.54) is 25.3 Å². The number of ether oxygens (including phenoxy) is 1. The summed E-state index contributed by atoms with van der Waals surface area (Å²) in [6, 6.07) is 4.19. The molecule has 1 N–H and O–H groups in total. The lowest BCUT2D eigenvalue weighted by Crippen LogP contribution is -2.52. The summed E-state index contributed by atoms with van der Waals surface area (Å²) in [4.78, 5) is 12.4. The van der Waals surface area contributed by atoms with Crippen LogP contribution in [0.5, 0.6) is 5.75 Å². The third-order valence-electron chi connectivity index (χ3n) is 4.28. The van der Waals surface area contributed by atoms with Crippen LogP contribution in [0.4, 0.5) is 4.39 Å². The molecule has 1 aliphatic carbocycles. The number of carbonyl (C=O) groups is 1. The monoisotopic (exact) mass is 357 g/mol. The molecule has 116 valence electrons. The number of rotatable bonds is 4. The summed E-state index contributed by atoms with van der Waals surface area (Å²) in [6.07, 6.45) is 4.14. The van der Waals surface area contributed by atoms with Crippen LogP contribution in [0.1, 0.15) is 43.0 Å². The van der Waals surface area contributed by atoms with Gasteiger partial charge in [-0.25, -0.2) is 4.39 Å². The zero-order valence-corrected chi connectivity index (χ0v) is 14.0. The molecule has 5 heteroatoms. The molecule has 1 aliphatic rings. The van der Waals surface area contributed by atoms with Crippen LogP contribution < -0.4 is 10.1 Å². The zero-order valence-electron chi connectivity index (χ0n) is 12.4. The van der Waals surface area contributed by atoms with Crippen molar-refractivity contribution in [3.05, 3.63) is 29.6 Å². The first-order chi connectivity index (χ1) is 9.99. The average molecular weight is 358 g/mol. The van der Waals surface area contributed by atoms with Crippen molar-refractivity contribution in [3.63, 3.8) is 0 Å². The van der Waals surface area contributed by atoms with E-state index in [1.54, 1.807) is 0 Å². The summed E-state index contributed by atoms with van der Waals surface area (Å²) >= 11 is 3.53. The largest absolute Gasteiger partial charge is 0.494 e. The molecule has 1 aromatic rings. The van der Waals surface area contributed by atoms with Crippen molar-refractivity contribution in [2.75, 3.05) is 12.4 Å². The minimum absolute atomic E-state index is 0.0906. The van der Waals surface area contributed by atoms with Gasteiger partial charge in [0.2, 0.25) is 0 Å². The first kappa shape index (κ1) is 16.3. The summed E-state index contributed by atoms with van der Waals surface area (Å²) in [6.45, 7) is 2.24. The van der Waals surface area contributed by atoms with Gasteiger partial charge in [-0.05, 0) is 49.8 Å². The van der Waals surface area contributed by atoms with Gasteiger partial charge in [0, 0.05) is 10.9 Å². The van der Waals surface area contributed by atoms with Gasteiger partial charge >= 0.3 is 0 Å². The highest BCUT2D eigenvalue weighted by atomic mass is 79.9. The number of halogens is 2. The van der Waals surface area contributed by atoms with Gasteiger partial charge in [-0.1, -0.05) is 22.9 Å². The maximum absolute atomic E-state index is 13.4. The molecule has 1 fully saturated rings. The number of amides is 1. The highest BCUT2D eigenvalue weighted by Gasteiger charge is 2.34. The van der Waals surface area contributed by atoms with E-state index in [0.717, 1.165) is 31.0 Å². The predicted octanol–water partition coefficient (Wildman–Crippen LogP) is 3.91. The fraction of sp³-hybridized carbons (Fsp3) is 0.562. The molecule has 1 saturated carbocycles. The van der Waals surface area contributed by atoms with Gasteiger partial charge in [-0.2, -0.15) is 0 Å². The van der Waals surface area contributed by atoms with Gasteiger partial charge in [0.05, 0.1) is 12.6 Å². The first-order valence-corrected chi connectivity index (χ1v) is 8.34. The second kappa shape index (κ2) is 6.77. The molecule has 2 rings (SSSR count). The SMILES string of the molecule is COc1cc(C(=O)NC2(CBr)CCC(C)CC2)ccc1F. The quantitative estimate of drug-likeness (QED) is 0.829. The van der Waals surface area contributed by atoms with Crippen LogP contribution in [0.2, 0.25) is 0 Å². The highest BCUT2D eigenvalue weighted by Crippen LogP contribution is 2.33. The van der Waals surface area contributed by atoms with Crippen LogP contribution in [0.25, 0.3) is 0 Å². The van der Waals surface area contributed by atoms with Gasteiger partial charge in [0.1, 0.15) is 0 Å². The number of hydrogen-bond donors (Lipinski definition) is 1. The Bertz CT molecular complexity index is 513. The van der Waals surface area contributed by atoms with Gasteiger partial charge < -0.3 is 10.1 Å². The number of alkyl halides is 1. The number of methoxy groups -OCH3 is 1. The van der Waals surface area contributed by atoms with E-state index in [-0.39, 0.29) is 17.2 Å². The van der Waals surface area contributed by atoms with Gasteiger partial charge in [0.25, 0.3) is 5.91 Å². The van der Waals surface area contributed by atoms with Crippen molar-refractivity contribution in [3.8, 4) is 5.75 Å². The second-order valence-electron chi connectivity index (χ2n) is 5.90. The summed E-state index contributed by atoms with van der Waals surface area (Å²) in [5.74, 6) is 0.158. The minimum Gasteiger partial charge on any atom is -0.494 e. The lowest BCUT2D eigenvalue weighted by atomic mass is 9.78. The predicted molar refractivity (Wildman–Crippen MR) is 84.6 cm³/mol. The van der Waals surface area contributed by atoms with Crippen molar-refractivity contribution >= 4 is 21.8 Å². The topological polar surface area (TPSA) is 38.3 Å². The third kappa shape index (κ3) is 3.76. The first-order valence-electron chi connectivity index (χ1n) is 7.22. The Balaban J connectivity index is 2.13. The third-order valence-corrected chi connectivity index (χ3v) is 5.35. The molecule has 0 aliphatic heterocycles. The maximum atomic E-state index is 13.4. The van der Waals surface area contributed by atoms with Crippen molar-refractivity contribution in [2.24, 2.45) is 5.92 Å². The Morgan fingerprint density at radius 3 is 2.71 bits per heavy atom. The van der Waals surface area contributed by atoms with E-state index in [2.05, 4.69) is 28.2 Å². The molecule has 21 heavy (non-hydrogen) atoms. The zero-order chi connectivity index (χ0) is 15.5. The van der Waals surface area contributed by atoms with Crippen molar-refractivity contribution < 1.29 is 13.9 Å². The molecule has 0 saturated heterocycles. The summed E-state index contributed by atoms with van der Waals surface area (Å²) < 4.78 is 18.3. The van der Waals surface area contributed by atoms with Crippen molar-refractivity contribution in [1.29, 1.82) is 0 Å². The lowest BCUT2D eigenvalue weighted by molar-refractivity contribution is 0.0874. The fourth-order valence-electron chi connectivity index (χ4n) is 2.72. The van der Waals surface area contributed by atoms with Crippen LogP contribution >= 0.6 is 15.9 Å². The number of hydrogen-bond acceptors (Lipinski definition) is 2. The van der Waals surface area contributed by atoms with E-state index < -0.39 is 5.82 Å². The van der Waals surface area contributed by atoms with Crippen LogP contribution in [0.15, 0.2) is 18.2 Å². The van der Waals surface area contributed by atoms with Crippen molar-refractivity contribution in [2.45, 2.75) is 38.1 Å². The molecule has 0 atom stereocenters. The van der Waals surface area contributed by atoms with E-state index in [9.17, 15) is 9.18 Å². The molecular weight excluding hydrogens is 337 g/mol. The van der Waals surface area contributed by atoms with Gasteiger partial charge in [-0.3, -0.25) is 4.79 Å². The van der Waals surface area contributed by atoms with Crippen LogP contribution in [0, 0.1) is 11.7 Å². The Morgan fingerprint density at radius 2 is 2.14 bits per heavy atom. The van der Waals surface area contributed by atoms with E-state index in [0.29, 0.717) is 11.5 Å². The van der Waals surface area contributed by atoms with E-state index in [1.807, 2.05) is 0 Å². The summed E-state index contributed by atoms with van der Waals surface area (Å²) in [7, 11) is 1.39. The molecule has 0 unspecified atom stereocenters. The molecule has 1 amide bonds. The minimum atomic E-state index is -0.462. The molecule has 0 spiro atoms. The van der Waals surface area contributed by atoms with Crippen molar-refractivity contribution in [1.82, 2.24) is 5.32 Å². The van der Waals surface area contributed by atoms with E-state index >= 15 is 0 Å².